The van der Waals surface area contributed by atoms with Gasteiger partial charge in [0, 0.05) is 11.5 Å². The van der Waals surface area contributed by atoms with Crippen molar-refractivity contribution in [3.05, 3.63) is 19.2 Å². The number of carbonyl (C=O) groups excluding carboxylic acids is 1. The molecule has 14 heavy (non-hydrogen) atoms. The van der Waals surface area contributed by atoms with E-state index in [1.807, 2.05) is 6.07 Å². The molecular weight excluding hydrogens is 332 g/mol. The van der Waals surface area contributed by atoms with Gasteiger partial charge in [0.05, 0.1) is 14.7 Å². The van der Waals surface area contributed by atoms with Crippen LogP contribution < -0.4 is 0 Å². The SMILES string of the molecule is CN(CC#N)C(=O)c1cc(Br)c(Br)s1. The average Bonchev–Trinajstić information content (AvgIpc) is 2.46. The highest BCUT2D eigenvalue weighted by Crippen LogP contribution is 2.32. The lowest BCUT2D eigenvalue weighted by molar-refractivity contribution is 0.0816. The molecule has 0 radical (unpaired) electrons. The molecule has 0 bridgehead atoms. The topological polar surface area (TPSA) is 44.1 Å². The van der Waals surface area contributed by atoms with Gasteiger partial charge < -0.3 is 4.90 Å². The summed E-state index contributed by atoms with van der Waals surface area (Å²) in [6.07, 6.45) is 0. The first-order chi connectivity index (χ1) is 6.56. The summed E-state index contributed by atoms with van der Waals surface area (Å²) in [6, 6.07) is 3.67. The molecule has 0 unspecified atom stereocenters. The number of nitrogens with zero attached hydrogens (tertiary/aromatic N) is 2. The third-order valence-electron chi connectivity index (χ3n) is 1.51. The van der Waals surface area contributed by atoms with E-state index >= 15 is 0 Å². The molecule has 0 aliphatic carbocycles. The molecule has 0 atom stereocenters. The van der Waals surface area contributed by atoms with Crippen LogP contribution in [0.2, 0.25) is 0 Å². The summed E-state index contributed by atoms with van der Waals surface area (Å²) in [4.78, 5) is 13.6. The summed E-state index contributed by atoms with van der Waals surface area (Å²) in [5.41, 5.74) is 0. The summed E-state index contributed by atoms with van der Waals surface area (Å²) in [7, 11) is 1.60. The molecule has 3 nitrogen and oxygen atoms in total. The largest absolute Gasteiger partial charge is 0.328 e. The molecule has 0 N–H and O–H groups in total. The first-order valence-corrected chi connectivity index (χ1v) is 6.03. The predicted molar refractivity (Wildman–Crippen MR) is 62.3 cm³/mol. The van der Waals surface area contributed by atoms with E-state index < -0.39 is 0 Å². The molecule has 0 saturated carbocycles. The Morgan fingerprint density at radius 2 is 2.36 bits per heavy atom. The van der Waals surface area contributed by atoms with Crippen LogP contribution in [0.15, 0.2) is 14.3 Å². The van der Waals surface area contributed by atoms with Crippen LogP contribution >= 0.6 is 43.2 Å². The fourth-order valence-electron chi connectivity index (χ4n) is 0.818. The molecule has 1 heterocycles. The van der Waals surface area contributed by atoms with Crippen molar-refractivity contribution in [2.24, 2.45) is 0 Å². The minimum absolute atomic E-state index is 0.103. The fraction of sp³-hybridized carbons (Fsp3) is 0.250. The predicted octanol–water partition coefficient (Wildman–Crippen LogP) is 2.87. The Hall–Kier alpha value is -0.380. The number of rotatable bonds is 2. The summed E-state index contributed by atoms with van der Waals surface area (Å²) in [6.45, 7) is 0.103. The standard InChI is InChI=1S/C8H6Br2N2OS/c1-12(3-2-11)8(13)6-4-5(9)7(10)14-6/h4H,3H2,1H3. The quantitative estimate of drug-likeness (QED) is 0.779. The molecule has 0 aliphatic heterocycles. The number of thiophene rings is 1. The molecule has 0 aromatic carbocycles. The zero-order valence-electron chi connectivity index (χ0n) is 7.25. The molecule has 1 aromatic heterocycles. The minimum atomic E-state index is -0.136. The highest BCUT2D eigenvalue weighted by molar-refractivity contribution is 9.13. The van der Waals surface area contributed by atoms with Crippen LogP contribution in [0.1, 0.15) is 9.67 Å². The smallest absolute Gasteiger partial charge is 0.264 e. The van der Waals surface area contributed by atoms with Gasteiger partial charge in [-0.1, -0.05) is 0 Å². The van der Waals surface area contributed by atoms with Crippen molar-refractivity contribution in [3.63, 3.8) is 0 Å². The lowest BCUT2D eigenvalue weighted by atomic mass is 10.4. The van der Waals surface area contributed by atoms with E-state index in [9.17, 15) is 4.79 Å². The zero-order valence-corrected chi connectivity index (χ0v) is 11.2. The molecule has 1 amide bonds. The van der Waals surface area contributed by atoms with Gasteiger partial charge in [0.2, 0.25) is 0 Å². The van der Waals surface area contributed by atoms with Crippen LogP contribution in [-0.2, 0) is 0 Å². The lowest BCUT2D eigenvalue weighted by Crippen LogP contribution is -2.26. The van der Waals surface area contributed by atoms with Gasteiger partial charge in [-0.05, 0) is 37.9 Å². The van der Waals surface area contributed by atoms with Gasteiger partial charge in [0.1, 0.15) is 6.54 Å². The third-order valence-corrected chi connectivity index (χ3v) is 4.75. The van der Waals surface area contributed by atoms with Crippen LogP contribution in [0, 0.1) is 11.3 Å². The van der Waals surface area contributed by atoms with Crippen LogP contribution in [0.3, 0.4) is 0 Å². The van der Waals surface area contributed by atoms with Gasteiger partial charge >= 0.3 is 0 Å². The summed E-state index contributed by atoms with van der Waals surface area (Å²) in [5.74, 6) is -0.136. The van der Waals surface area contributed by atoms with Gasteiger partial charge in [-0.15, -0.1) is 11.3 Å². The molecule has 0 spiro atoms. The Labute approximate surface area is 103 Å². The van der Waals surface area contributed by atoms with E-state index in [1.54, 1.807) is 13.1 Å². The van der Waals surface area contributed by atoms with Crippen LogP contribution in [0.5, 0.6) is 0 Å². The molecule has 0 aliphatic rings. The molecular formula is C8H6Br2N2OS. The number of hydrogen-bond acceptors (Lipinski definition) is 3. The Bertz CT molecular complexity index is 377. The van der Waals surface area contributed by atoms with Crippen molar-refractivity contribution in [2.45, 2.75) is 0 Å². The number of hydrogen-bond donors (Lipinski definition) is 0. The summed E-state index contributed by atoms with van der Waals surface area (Å²) in [5, 5.41) is 8.43. The van der Waals surface area contributed by atoms with Gasteiger partial charge in [-0.25, -0.2) is 0 Å². The molecule has 0 fully saturated rings. The molecule has 0 saturated heterocycles. The zero-order chi connectivity index (χ0) is 10.7. The van der Waals surface area contributed by atoms with Crippen molar-refractivity contribution in [2.75, 3.05) is 13.6 Å². The maximum Gasteiger partial charge on any atom is 0.264 e. The fourth-order valence-corrected chi connectivity index (χ4v) is 2.85. The summed E-state index contributed by atoms with van der Waals surface area (Å²) >= 11 is 7.95. The van der Waals surface area contributed by atoms with Gasteiger partial charge in [-0.3, -0.25) is 4.79 Å². The average molecular weight is 338 g/mol. The van der Waals surface area contributed by atoms with Crippen molar-refractivity contribution >= 4 is 49.1 Å². The highest BCUT2D eigenvalue weighted by atomic mass is 79.9. The molecule has 6 heteroatoms. The van der Waals surface area contributed by atoms with Crippen molar-refractivity contribution in [1.29, 1.82) is 5.26 Å². The Morgan fingerprint density at radius 3 is 2.79 bits per heavy atom. The second-order valence-electron chi connectivity index (χ2n) is 2.55. The van der Waals surface area contributed by atoms with Crippen molar-refractivity contribution < 1.29 is 4.79 Å². The lowest BCUT2D eigenvalue weighted by Gasteiger charge is -2.10. The number of carbonyl (C=O) groups is 1. The summed E-state index contributed by atoms with van der Waals surface area (Å²) < 4.78 is 1.74. The van der Waals surface area contributed by atoms with Gasteiger partial charge in [0.25, 0.3) is 5.91 Å². The van der Waals surface area contributed by atoms with E-state index in [0.717, 1.165) is 8.26 Å². The first kappa shape index (κ1) is 11.7. The maximum atomic E-state index is 11.6. The molecule has 74 valence electrons. The Kier molecular flexibility index (Phi) is 4.11. The second kappa shape index (κ2) is 4.91. The van der Waals surface area contributed by atoms with Crippen LogP contribution in [0.25, 0.3) is 0 Å². The van der Waals surface area contributed by atoms with E-state index in [0.29, 0.717) is 4.88 Å². The Balaban J connectivity index is 2.85. The Morgan fingerprint density at radius 1 is 1.71 bits per heavy atom. The number of amides is 1. The monoisotopic (exact) mass is 336 g/mol. The number of nitriles is 1. The second-order valence-corrected chi connectivity index (χ2v) is 5.78. The highest BCUT2D eigenvalue weighted by Gasteiger charge is 2.15. The van der Waals surface area contributed by atoms with E-state index in [1.165, 1.54) is 16.2 Å². The van der Waals surface area contributed by atoms with Gasteiger partial charge in [-0.2, -0.15) is 5.26 Å². The van der Waals surface area contributed by atoms with Crippen molar-refractivity contribution in [1.82, 2.24) is 4.90 Å². The number of halogens is 2. The van der Waals surface area contributed by atoms with Crippen LogP contribution in [0.4, 0.5) is 0 Å². The van der Waals surface area contributed by atoms with Crippen LogP contribution in [-0.4, -0.2) is 24.4 Å². The van der Waals surface area contributed by atoms with E-state index in [4.69, 9.17) is 5.26 Å². The normalized spacial score (nSPS) is 9.57. The molecule has 1 aromatic rings. The van der Waals surface area contributed by atoms with E-state index in [2.05, 4.69) is 31.9 Å². The third kappa shape index (κ3) is 2.56. The van der Waals surface area contributed by atoms with Crippen molar-refractivity contribution in [3.8, 4) is 6.07 Å². The molecule has 1 rings (SSSR count). The minimum Gasteiger partial charge on any atom is -0.328 e. The van der Waals surface area contributed by atoms with Gasteiger partial charge in [0.15, 0.2) is 0 Å². The first-order valence-electron chi connectivity index (χ1n) is 3.63. The van der Waals surface area contributed by atoms with E-state index in [-0.39, 0.29) is 12.5 Å². The maximum absolute atomic E-state index is 11.6.